The lowest BCUT2D eigenvalue weighted by Crippen LogP contribution is -2.10. The molecule has 0 spiro atoms. The standard InChI is InChI=1S/C42H34N4O2S3/c1-4-9-38-44-40-26(2)22-30(41-43-34-12-7-8-13-35(34)45(41)3)23-36(40)46(38)25-27-14-16-28(17-15-27)32-10-5-6-11-33(32)42(47)48-31-20-18-29(19-21-31)37-24-39(49)51-50-37/h5-8,10-24H,4,9,25H2,1-3H3. The molecule has 9 heteroatoms. The number of carbonyl (C=O) groups excluding carboxylic acids is 1. The van der Waals surface area contributed by atoms with Crippen LogP contribution in [-0.4, -0.2) is 25.1 Å². The minimum absolute atomic E-state index is 0.394. The first-order valence-electron chi connectivity index (χ1n) is 16.9. The first kappa shape index (κ1) is 33.0. The minimum atomic E-state index is -0.394. The van der Waals surface area contributed by atoms with Crippen molar-refractivity contribution >= 4 is 60.9 Å². The minimum Gasteiger partial charge on any atom is -0.423 e. The van der Waals surface area contributed by atoms with Gasteiger partial charge in [0, 0.05) is 30.5 Å². The van der Waals surface area contributed by atoms with Gasteiger partial charge in [-0.1, -0.05) is 94.4 Å². The van der Waals surface area contributed by atoms with Crippen LogP contribution in [0.15, 0.2) is 115 Å². The molecule has 0 radical (unpaired) electrons. The molecule has 252 valence electrons. The Labute approximate surface area is 308 Å². The predicted molar refractivity (Wildman–Crippen MR) is 213 cm³/mol. The molecule has 6 nitrogen and oxygen atoms in total. The summed E-state index contributed by atoms with van der Waals surface area (Å²) in [4.78, 5) is 24.7. The number of esters is 1. The fourth-order valence-electron chi connectivity index (χ4n) is 6.67. The van der Waals surface area contributed by atoms with Crippen molar-refractivity contribution in [1.29, 1.82) is 0 Å². The number of rotatable bonds is 9. The van der Waals surface area contributed by atoms with E-state index >= 15 is 0 Å². The van der Waals surface area contributed by atoms with E-state index in [9.17, 15) is 4.79 Å². The molecule has 0 atom stereocenters. The summed E-state index contributed by atoms with van der Waals surface area (Å²) in [5.41, 5.74) is 10.9. The van der Waals surface area contributed by atoms with Gasteiger partial charge in [0.25, 0.3) is 0 Å². The van der Waals surface area contributed by atoms with Crippen LogP contribution >= 0.6 is 32.9 Å². The Balaban J connectivity index is 1.07. The molecule has 0 N–H and O–H groups in total. The number of nitrogens with zero attached hydrogens (tertiary/aromatic N) is 4. The highest BCUT2D eigenvalue weighted by molar-refractivity contribution is 7.80. The number of imidazole rings is 2. The van der Waals surface area contributed by atoms with Gasteiger partial charge in [-0.3, -0.25) is 0 Å². The molecule has 5 aromatic carbocycles. The largest absolute Gasteiger partial charge is 0.423 e. The van der Waals surface area contributed by atoms with E-state index in [0.717, 1.165) is 88.6 Å². The van der Waals surface area contributed by atoms with Crippen molar-refractivity contribution in [3.8, 4) is 38.7 Å². The van der Waals surface area contributed by atoms with Crippen LogP contribution in [0.2, 0.25) is 0 Å². The quantitative estimate of drug-likeness (QED) is 0.0642. The van der Waals surface area contributed by atoms with Crippen molar-refractivity contribution in [2.45, 2.75) is 33.2 Å². The molecule has 3 heterocycles. The molecule has 0 saturated heterocycles. The van der Waals surface area contributed by atoms with Gasteiger partial charge in [-0.2, -0.15) is 0 Å². The van der Waals surface area contributed by atoms with Crippen molar-refractivity contribution in [3.05, 3.63) is 142 Å². The summed E-state index contributed by atoms with van der Waals surface area (Å²) in [5.74, 6) is 2.12. The van der Waals surface area contributed by atoms with Gasteiger partial charge in [0.05, 0.1) is 27.6 Å². The maximum absolute atomic E-state index is 13.4. The fourth-order valence-corrected chi connectivity index (χ4v) is 9.07. The van der Waals surface area contributed by atoms with E-state index in [1.54, 1.807) is 20.7 Å². The lowest BCUT2D eigenvalue weighted by Gasteiger charge is -2.13. The Hall–Kier alpha value is -5.22. The van der Waals surface area contributed by atoms with Crippen molar-refractivity contribution in [3.63, 3.8) is 0 Å². The second-order valence-electron chi connectivity index (χ2n) is 12.7. The van der Waals surface area contributed by atoms with Crippen LogP contribution in [0.3, 0.4) is 0 Å². The zero-order valence-electron chi connectivity index (χ0n) is 28.4. The normalized spacial score (nSPS) is 11.4. The van der Waals surface area contributed by atoms with Crippen LogP contribution in [0.4, 0.5) is 0 Å². The van der Waals surface area contributed by atoms with Gasteiger partial charge in [-0.25, -0.2) is 14.8 Å². The Kier molecular flexibility index (Phi) is 8.94. The molecule has 8 rings (SSSR count). The average molecular weight is 723 g/mol. The number of aryl methyl sites for hydroxylation is 3. The Bertz CT molecular complexity index is 2610. The summed E-state index contributed by atoms with van der Waals surface area (Å²) in [6, 6.07) is 38.3. The molecule has 0 saturated carbocycles. The third-order valence-corrected chi connectivity index (χ3v) is 12.1. The topological polar surface area (TPSA) is 61.9 Å². The highest BCUT2D eigenvalue weighted by Gasteiger charge is 2.19. The molecule has 51 heavy (non-hydrogen) atoms. The summed E-state index contributed by atoms with van der Waals surface area (Å²) >= 11 is 5.28. The Morgan fingerprint density at radius 3 is 2.29 bits per heavy atom. The molecule has 8 aromatic rings. The lowest BCUT2D eigenvalue weighted by molar-refractivity contribution is 0.0735. The third kappa shape index (κ3) is 6.44. The summed E-state index contributed by atoms with van der Waals surface area (Å²) in [6.07, 6.45) is 1.89. The zero-order valence-corrected chi connectivity index (χ0v) is 30.9. The van der Waals surface area contributed by atoms with Gasteiger partial charge in [-0.15, -0.1) is 0 Å². The molecular formula is C42H34N4O2S3. The molecule has 0 aliphatic rings. The number of ether oxygens (including phenoxy) is 1. The smallest absolute Gasteiger partial charge is 0.344 e. The first-order chi connectivity index (χ1) is 24.9. The molecule has 0 bridgehead atoms. The van der Waals surface area contributed by atoms with Crippen molar-refractivity contribution in [2.75, 3.05) is 0 Å². The summed E-state index contributed by atoms with van der Waals surface area (Å²) in [7, 11) is 5.30. The van der Waals surface area contributed by atoms with Crippen LogP contribution in [0.1, 0.15) is 40.7 Å². The third-order valence-electron chi connectivity index (χ3n) is 9.21. The van der Waals surface area contributed by atoms with E-state index in [1.165, 1.54) is 0 Å². The fraction of sp³-hybridized carbons (Fsp3) is 0.143. The van der Waals surface area contributed by atoms with Crippen molar-refractivity contribution < 1.29 is 9.53 Å². The lowest BCUT2D eigenvalue weighted by atomic mass is 9.98. The van der Waals surface area contributed by atoms with E-state index in [4.69, 9.17) is 26.9 Å². The number of benzene rings is 5. The van der Waals surface area contributed by atoms with Gasteiger partial charge in [0.2, 0.25) is 0 Å². The van der Waals surface area contributed by atoms with Crippen LogP contribution in [0.25, 0.3) is 55.0 Å². The molecule has 3 aromatic heterocycles. The molecule has 0 fully saturated rings. The van der Waals surface area contributed by atoms with Crippen molar-refractivity contribution in [2.24, 2.45) is 7.05 Å². The summed E-state index contributed by atoms with van der Waals surface area (Å²) < 4.78 is 11.2. The van der Waals surface area contributed by atoms with E-state index < -0.39 is 5.97 Å². The van der Waals surface area contributed by atoms with Gasteiger partial charge in [0.1, 0.15) is 21.2 Å². The van der Waals surface area contributed by atoms with Gasteiger partial charge in [0.15, 0.2) is 0 Å². The van der Waals surface area contributed by atoms with Gasteiger partial charge < -0.3 is 13.9 Å². The second kappa shape index (κ2) is 13.8. The first-order valence-corrected chi connectivity index (χ1v) is 19.4. The van der Waals surface area contributed by atoms with E-state index in [1.807, 2.05) is 60.7 Å². The van der Waals surface area contributed by atoms with Crippen LogP contribution < -0.4 is 4.74 Å². The van der Waals surface area contributed by atoms with Crippen LogP contribution in [-0.2, 0) is 20.0 Å². The Morgan fingerprint density at radius 1 is 0.804 bits per heavy atom. The number of hydrogen-bond donors (Lipinski definition) is 0. The number of fused-ring (bicyclic) bond motifs is 2. The average Bonchev–Trinajstić information content (AvgIpc) is 3.84. The molecule has 0 aliphatic carbocycles. The number of hydrogen-bond acceptors (Lipinski definition) is 7. The second-order valence-corrected chi connectivity index (χ2v) is 15.6. The van der Waals surface area contributed by atoms with Crippen LogP contribution in [0, 0.1) is 10.7 Å². The van der Waals surface area contributed by atoms with Crippen LogP contribution in [0.5, 0.6) is 5.75 Å². The molecule has 0 amide bonds. The summed E-state index contributed by atoms with van der Waals surface area (Å²) in [6.45, 7) is 5.00. The van der Waals surface area contributed by atoms with Crippen molar-refractivity contribution in [1.82, 2.24) is 19.1 Å². The van der Waals surface area contributed by atoms with E-state index in [2.05, 4.69) is 84.6 Å². The SMILES string of the molecule is CCCc1nc2c(C)cc(-c3nc4ccccc4n3C)cc2n1Cc1ccc(-c2ccccc2C(=O)Oc2ccc(-c3cc(=S)ss3)cc2)cc1. The molecule has 0 aliphatic heterocycles. The summed E-state index contributed by atoms with van der Waals surface area (Å²) in [5, 5.41) is 0. The predicted octanol–water partition coefficient (Wildman–Crippen LogP) is 11.3. The molecule has 0 unspecified atom stereocenters. The van der Waals surface area contributed by atoms with E-state index in [0.29, 0.717) is 17.9 Å². The number of aromatic nitrogens is 4. The van der Waals surface area contributed by atoms with Gasteiger partial charge in [-0.05, 0) is 102 Å². The Morgan fingerprint density at radius 2 is 1.55 bits per heavy atom. The monoisotopic (exact) mass is 722 g/mol. The number of carbonyl (C=O) groups is 1. The maximum atomic E-state index is 13.4. The molecular weight excluding hydrogens is 689 g/mol. The highest BCUT2D eigenvalue weighted by Crippen LogP contribution is 2.33. The number of para-hydroxylation sites is 2. The zero-order chi connectivity index (χ0) is 35.1. The van der Waals surface area contributed by atoms with E-state index in [-0.39, 0.29) is 0 Å². The van der Waals surface area contributed by atoms with Gasteiger partial charge >= 0.3 is 5.97 Å². The maximum Gasteiger partial charge on any atom is 0.344 e. The highest BCUT2D eigenvalue weighted by atomic mass is 32.9.